The van der Waals surface area contributed by atoms with E-state index in [0.29, 0.717) is 6.04 Å². The molecule has 1 aliphatic heterocycles. The third kappa shape index (κ3) is 3.19. The first-order valence-corrected chi connectivity index (χ1v) is 7.38. The van der Waals surface area contributed by atoms with E-state index in [-0.39, 0.29) is 10.8 Å². The number of aromatic nitrogens is 2. The maximum atomic E-state index is 5.48. The Labute approximate surface area is 117 Å². The van der Waals surface area contributed by atoms with Gasteiger partial charge in [0.2, 0.25) is 0 Å². The van der Waals surface area contributed by atoms with Gasteiger partial charge in [-0.2, -0.15) is 5.10 Å². The van der Waals surface area contributed by atoms with E-state index in [1.807, 2.05) is 0 Å². The fraction of sp³-hybridized carbons (Fsp3) is 0.812. The van der Waals surface area contributed by atoms with E-state index in [2.05, 4.69) is 52.3 Å². The van der Waals surface area contributed by atoms with Gasteiger partial charge in [0.1, 0.15) is 0 Å². The van der Waals surface area contributed by atoms with Crippen molar-refractivity contribution in [3.8, 4) is 0 Å². The molecule has 0 bridgehead atoms. The number of nitrogens with zero attached hydrogens (tertiary/aromatic N) is 2. The first kappa shape index (κ1) is 14.6. The molecule has 0 atom stereocenters. The van der Waals surface area contributed by atoms with Crippen LogP contribution in [0.3, 0.4) is 0 Å². The summed E-state index contributed by atoms with van der Waals surface area (Å²) in [5, 5.41) is 4.93. The minimum absolute atomic E-state index is 0.108. The van der Waals surface area contributed by atoms with E-state index < -0.39 is 0 Å². The normalized spacial score (nSPS) is 18.8. The predicted molar refractivity (Wildman–Crippen MR) is 78.7 cm³/mol. The van der Waals surface area contributed by atoms with Crippen LogP contribution in [0.2, 0.25) is 0 Å². The van der Waals surface area contributed by atoms with Gasteiger partial charge in [-0.05, 0) is 18.9 Å². The number of hydrogen-bond donors (Lipinski definition) is 0. The highest BCUT2D eigenvalue weighted by molar-refractivity contribution is 5.23. The quantitative estimate of drug-likeness (QED) is 0.771. The molecule has 1 aromatic rings. The molecule has 1 aromatic heterocycles. The number of rotatable bonds is 1. The molecule has 0 saturated carbocycles. The van der Waals surface area contributed by atoms with Crippen LogP contribution < -0.4 is 0 Å². The Morgan fingerprint density at radius 1 is 1.05 bits per heavy atom. The summed E-state index contributed by atoms with van der Waals surface area (Å²) < 4.78 is 7.76. The van der Waals surface area contributed by atoms with Crippen LogP contribution in [0.1, 0.15) is 71.8 Å². The third-order valence-electron chi connectivity index (χ3n) is 3.81. The second-order valence-corrected chi connectivity index (χ2v) is 7.70. The summed E-state index contributed by atoms with van der Waals surface area (Å²) >= 11 is 0. The van der Waals surface area contributed by atoms with Crippen molar-refractivity contribution in [2.45, 2.75) is 71.3 Å². The van der Waals surface area contributed by atoms with Gasteiger partial charge in [-0.1, -0.05) is 41.5 Å². The molecule has 0 aromatic carbocycles. The first-order valence-electron chi connectivity index (χ1n) is 7.38. The standard InChI is InChI=1S/C16H28N2O/c1-15(2,3)13-11-14(16(4,5)6)18(17-13)12-7-9-19-10-8-12/h11-12H,7-10H2,1-6H3. The van der Waals surface area contributed by atoms with E-state index >= 15 is 0 Å². The average Bonchev–Trinajstić information content (AvgIpc) is 2.74. The molecule has 1 saturated heterocycles. The van der Waals surface area contributed by atoms with Crippen molar-refractivity contribution < 1.29 is 4.74 Å². The summed E-state index contributed by atoms with van der Waals surface area (Å²) in [6.45, 7) is 15.2. The van der Waals surface area contributed by atoms with Crippen molar-refractivity contribution in [2.24, 2.45) is 0 Å². The molecule has 2 heterocycles. The Balaban J connectivity index is 2.42. The second kappa shape index (κ2) is 4.93. The SMILES string of the molecule is CC(C)(C)c1cc(C(C)(C)C)n(C2CCOCC2)n1. The van der Waals surface area contributed by atoms with Crippen LogP contribution in [0.4, 0.5) is 0 Å². The summed E-state index contributed by atoms with van der Waals surface area (Å²) in [6, 6.07) is 2.80. The maximum absolute atomic E-state index is 5.48. The molecule has 0 amide bonds. The summed E-state index contributed by atoms with van der Waals surface area (Å²) in [5.41, 5.74) is 2.79. The van der Waals surface area contributed by atoms with Gasteiger partial charge >= 0.3 is 0 Å². The Hall–Kier alpha value is -0.830. The molecule has 0 unspecified atom stereocenters. The minimum atomic E-state index is 0.108. The van der Waals surface area contributed by atoms with E-state index in [4.69, 9.17) is 9.84 Å². The maximum Gasteiger partial charge on any atom is 0.0681 e. The summed E-state index contributed by atoms with van der Waals surface area (Å²) in [4.78, 5) is 0. The van der Waals surface area contributed by atoms with Crippen LogP contribution in [-0.2, 0) is 15.6 Å². The van der Waals surface area contributed by atoms with Gasteiger partial charge in [-0.15, -0.1) is 0 Å². The smallest absolute Gasteiger partial charge is 0.0681 e. The van der Waals surface area contributed by atoms with E-state index in [0.717, 1.165) is 26.1 Å². The van der Waals surface area contributed by atoms with Crippen molar-refractivity contribution in [1.82, 2.24) is 9.78 Å². The van der Waals surface area contributed by atoms with Crippen LogP contribution in [-0.4, -0.2) is 23.0 Å². The largest absolute Gasteiger partial charge is 0.381 e. The zero-order valence-corrected chi connectivity index (χ0v) is 13.3. The molecule has 0 radical (unpaired) electrons. The van der Waals surface area contributed by atoms with Crippen molar-refractivity contribution in [3.05, 3.63) is 17.5 Å². The number of ether oxygens (including phenoxy) is 1. The van der Waals surface area contributed by atoms with E-state index in [9.17, 15) is 0 Å². The van der Waals surface area contributed by atoms with Crippen molar-refractivity contribution in [3.63, 3.8) is 0 Å². The lowest BCUT2D eigenvalue weighted by Gasteiger charge is -2.28. The van der Waals surface area contributed by atoms with Gasteiger partial charge in [0, 0.05) is 29.7 Å². The van der Waals surface area contributed by atoms with E-state index in [1.165, 1.54) is 11.4 Å². The highest BCUT2D eigenvalue weighted by Crippen LogP contribution is 2.32. The first-order chi connectivity index (χ1) is 8.69. The Bertz CT molecular complexity index is 429. The lowest BCUT2D eigenvalue weighted by molar-refractivity contribution is 0.0644. The highest BCUT2D eigenvalue weighted by atomic mass is 16.5. The molecule has 0 N–H and O–H groups in total. The number of hydrogen-bond acceptors (Lipinski definition) is 2. The summed E-state index contributed by atoms with van der Waals surface area (Å²) in [7, 11) is 0. The minimum Gasteiger partial charge on any atom is -0.381 e. The molecule has 0 aliphatic carbocycles. The second-order valence-electron chi connectivity index (χ2n) is 7.70. The summed E-state index contributed by atoms with van der Waals surface area (Å²) in [6.07, 6.45) is 2.16. The molecule has 2 rings (SSSR count). The van der Waals surface area contributed by atoms with Crippen molar-refractivity contribution >= 4 is 0 Å². The lowest BCUT2D eigenvalue weighted by Crippen LogP contribution is -2.26. The molecule has 19 heavy (non-hydrogen) atoms. The molecular weight excluding hydrogens is 236 g/mol. The van der Waals surface area contributed by atoms with Gasteiger partial charge in [-0.3, -0.25) is 4.68 Å². The fourth-order valence-electron chi connectivity index (χ4n) is 2.53. The Kier molecular flexibility index (Phi) is 3.78. The lowest BCUT2D eigenvalue weighted by atomic mass is 9.87. The van der Waals surface area contributed by atoms with Crippen LogP contribution >= 0.6 is 0 Å². The van der Waals surface area contributed by atoms with Crippen molar-refractivity contribution in [2.75, 3.05) is 13.2 Å². The zero-order valence-electron chi connectivity index (χ0n) is 13.3. The van der Waals surface area contributed by atoms with Crippen molar-refractivity contribution in [1.29, 1.82) is 0 Å². The van der Waals surface area contributed by atoms with Gasteiger partial charge < -0.3 is 4.74 Å². The highest BCUT2D eigenvalue weighted by Gasteiger charge is 2.29. The Morgan fingerprint density at radius 3 is 2.11 bits per heavy atom. The molecule has 3 heteroatoms. The topological polar surface area (TPSA) is 27.1 Å². The average molecular weight is 264 g/mol. The molecular formula is C16H28N2O. The molecule has 0 spiro atoms. The van der Waals surface area contributed by atoms with Crippen LogP contribution in [0.15, 0.2) is 6.07 Å². The van der Waals surface area contributed by atoms with Crippen LogP contribution in [0.5, 0.6) is 0 Å². The van der Waals surface area contributed by atoms with Crippen LogP contribution in [0.25, 0.3) is 0 Å². The third-order valence-corrected chi connectivity index (χ3v) is 3.81. The van der Waals surface area contributed by atoms with Gasteiger partial charge in [0.25, 0.3) is 0 Å². The Morgan fingerprint density at radius 2 is 1.63 bits per heavy atom. The van der Waals surface area contributed by atoms with Gasteiger partial charge in [0.15, 0.2) is 0 Å². The molecule has 1 fully saturated rings. The fourth-order valence-corrected chi connectivity index (χ4v) is 2.53. The molecule has 108 valence electrons. The molecule has 3 nitrogen and oxygen atoms in total. The van der Waals surface area contributed by atoms with Gasteiger partial charge in [-0.25, -0.2) is 0 Å². The van der Waals surface area contributed by atoms with Crippen LogP contribution in [0, 0.1) is 0 Å². The van der Waals surface area contributed by atoms with E-state index in [1.54, 1.807) is 0 Å². The predicted octanol–water partition coefficient (Wildman–Crippen LogP) is 3.83. The molecule has 1 aliphatic rings. The summed E-state index contributed by atoms with van der Waals surface area (Å²) in [5.74, 6) is 0. The van der Waals surface area contributed by atoms with Gasteiger partial charge in [0.05, 0.1) is 11.7 Å². The monoisotopic (exact) mass is 264 g/mol. The zero-order chi connectivity index (χ0) is 14.3.